The normalized spacial score (nSPS) is 20.4. The molecule has 0 atom stereocenters. The van der Waals surface area contributed by atoms with E-state index in [4.69, 9.17) is 28.4 Å². The van der Waals surface area contributed by atoms with Crippen LogP contribution in [0.5, 0.6) is 0 Å². The van der Waals surface area contributed by atoms with Gasteiger partial charge in [-0.2, -0.15) is 0 Å². The Morgan fingerprint density at radius 3 is 2.39 bits per heavy atom. The van der Waals surface area contributed by atoms with E-state index >= 15 is 0 Å². The molecule has 7 nitrogen and oxygen atoms in total. The summed E-state index contributed by atoms with van der Waals surface area (Å²) in [6.45, 7) is 7.38. The summed E-state index contributed by atoms with van der Waals surface area (Å²) in [6.07, 6.45) is 16.4. The smallest absolute Gasteiger partial charge is 0.338 e. The molecule has 0 unspecified atom stereocenters. The highest BCUT2D eigenvalue weighted by Gasteiger charge is 2.17. The largest absolute Gasteiger partial charge is 0.499 e. The van der Waals surface area contributed by atoms with Crippen LogP contribution in [0.1, 0.15) is 57.8 Å². The zero-order valence-electron chi connectivity index (χ0n) is 19.9. The summed E-state index contributed by atoms with van der Waals surface area (Å²) in [5, 5.41) is 0. The van der Waals surface area contributed by atoms with Gasteiger partial charge in [0.15, 0.2) is 5.76 Å². The van der Waals surface area contributed by atoms with Crippen LogP contribution < -0.4 is 0 Å². The minimum Gasteiger partial charge on any atom is -0.499 e. The first-order chi connectivity index (χ1) is 16.3. The van der Waals surface area contributed by atoms with E-state index in [0.29, 0.717) is 76.4 Å². The third-order valence-electron chi connectivity index (χ3n) is 5.23. The van der Waals surface area contributed by atoms with Gasteiger partial charge < -0.3 is 28.4 Å². The molecule has 0 aliphatic carbocycles. The molecule has 0 fully saturated rings. The van der Waals surface area contributed by atoms with Crippen molar-refractivity contribution in [2.75, 3.05) is 52.9 Å². The Hall–Kier alpha value is -2.25. The Morgan fingerprint density at radius 1 is 0.879 bits per heavy atom. The maximum atomic E-state index is 12.7. The van der Waals surface area contributed by atoms with Crippen LogP contribution in [-0.4, -0.2) is 58.8 Å². The minimum atomic E-state index is -0.405. The molecule has 2 aliphatic heterocycles. The van der Waals surface area contributed by atoms with Crippen molar-refractivity contribution >= 4 is 5.97 Å². The van der Waals surface area contributed by atoms with Crippen LogP contribution >= 0.6 is 0 Å². The molecular formula is C26H40O7. The van der Waals surface area contributed by atoms with E-state index in [1.165, 1.54) is 31.9 Å². The van der Waals surface area contributed by atoms with Crippen LogP contribution in [-0.2, 0) is 33.2 Å². The number of ether oxygens (including phenoxy) is 6. The highest BCUT2D eigenvalue weighted by atomic mass is 16.6. The van der Waals surface area contributed by atoms with E-state index in [2.05, 4.69) is 6.58 Å². The van der Waals surface area contributed by atoms with Crippen molar-refractivity contribution in [2.45, 2.75) is 57.8 Å². The first kappa shape index (κ1) is 27.0. The SMILES string of the molecule is C=CCCCCCCCCCOC(=O)C1=C\C2=C(CCOCCOCCO\C=C\1)OCCO2. The van der Waals surface area contributed by atoms with Crippen LogP contribution in [0.2, 0.25) is 0 Å². The van der Waals surface area contributed by atoms with Crippen LogP contribution in [0.4, 0.5) is 0 Å². The first-order valence-corrected chi connectivity index (χ1v) is 12.2. The summed E-state index contributed by atoms with van der Waals surface area (Å²) >= 11 is 0. The fraction of sp³-hybridized carbons (Fsp3) is 0.654. The van der Waals surface area contributed by atoms with E-state index in [9.17, 15) is 4.79 Å². The molecule has 0 saturated carbocycles. The first-order valence-electron chi connectivity index (χ1n) is 12.2. The van der Waals surface area contributed by atoms with Gasteiger partial charge in [0.05, 0.1) is 44.9 Å². The Labute approximate surface area is 198 Å². The maximum absolute atomic E-state index is 12.7. The summed E-state index contributed by atoms with van der Waals surface area (Å²) in [4.78, 5) is 12.7. The fourth-order valence-corrected chi connectivity index (χ4v) is 3.41. The van der Waals surface area contributed by atoms with E-state index in [1.54, 1.807) is 12.2 Å². The Bertz CT molecular complexity index is 651. The molecule has 0 aromatic carbocycles. The zero-order valence-corrected chi connectivity index (χ0v) is 19.9. The lowest BCUT2D eigenvalue weighted by molar-refractivity contribution is -0.138. The van der Waals surface area contributed by atoms with Crippen LogP contribution in [0.25, 0.3) is 0 Å². The van der Waals surface area contributed by atoms with Gasteiger partial charge in [-0.15, -0.1) is 6.58 Å². The topological polar surface area (TPSA) is 72.5 Å². The average molecular weight is 465 g/mol. The van der Waals surface area contributed by atoms with Gasteiger partial charge in [0, 0.05) is 6.42 Å². The molecular weight excluding hydrogens is 424 g/mol. The fourth-order valence-electron chi connectivity index (χ4n) is 3.41. The monoisotopic (exact) mass is 464 g/mol. The number of rotatable bonds is 11. The van der Waals surface area contributed by atoms with Gasteiger partial charge in [0.1, 0.15) is 25.6 Å². The molecule has 33 heavy (non-hydrogen) atoms. The second-order valence-corrected chi connectivity index (χ2v) is 7.92. The van der Waals surface area contributed by atoms with Crippen molar-refractivity contribution in [2.24, 2.45) is 0 Å². The molecule has 186 valence electrons. The third-order valence-corrected chi connectivity index (χ3v) is 5.23. The number of unbranched alkanes of at least 4 members (excludes halogenated alkanes) is 7. The number of carbonyl (C=O) groups is 1. The van der Waals surface area contributed by atoms with Gasteiger partial charge in [-0.3, -0.25) is 0 Å². The van der Waals surface area contributed by atoms with E-state index < -0.39 is 5.97 Å². The molecule has 0 radical (unpaired) electrons. The molecule has 0 aromatic rings. The predicted molar refractivity (Wildman–Crippen MR) is 126 cm³/mol. The Balaban J connectivity index is 1.86. The van der Waals surface area contributed by atoms with Crippen molar-refractivity contribution in [3.05, 3.63) is 48.2 Å². The molecule has 2 heterocycles. The number of esters is 1. The number of carbonyl (C=O) groups excluding carboxylic acids is 1. The number of hydrogen-bond donors (Lipinski definition) is 0. The molecule has 0 saturated heterocycles. The van der Waals surface area contributed by atoms with Crippen LogP contribution in [0.15, 0.2) is 48.2 Å². The molecule has 2 rings (SSSR count). The van der Waals surface area contributed by atoms with Gasteiger partial charge in [-0.25, -0.2) is 4.79 Å². The molecule has 2 aliphatic rings. The molecule has 7 heteroatoms. The van der Waals surface area contributed by atoms with Crippen molar-refractivity contribution < 1.29 is 33.2 Å². The lowest BCUT2D eigenvalue weighted by Gasteiger charge is -2.21. The standard InChI is InChI=1S/C26H40O7/c1-2-3-4-5-6-7-8-9-10-13-33-26(27)23-11-14-28-16-18-30-19-17-29-15-12-24-25(22-23)32-21-20-31-24/h2,11,14,22H,1,3-10,12-13,15-21H2/b14-11+,23-22-. The molecule has 0 spiro atoms. The van der Waals surface area contributed by atoms with Crippen LogP contribution in [0, 0.1) is 0 Å². The van der Waals surface area contributed by atoms with E-state index in [-0.39, 0.29) is 0 Å². The average Bonchev–Trinajstić information content (AvgIpc) is 2.84. The Morgan fingerprint density at radius 2 is 1.58 bits per heavy atom. The number of allylic oxidation sites excluding steroid dienone is 2. The second-order valence-electron chi connectivity index (χ2n) is 7.92. The second kappa shape index (κ2) is 18.2. The Kier molecular flexibility index (Phi) is 14.9. The van der Waals surface area contributed by atoms with Crippen molar-refractivity contribution in [1.82, 2.24) is 0 Å². The van der Waals surface area contributed by atoms with Gasteiger partial charge in [-0.1, -0.05) is 38.2 Å². The van der Waals surface area contributed by atoms with Crippen molar-refractivity contribution in [1.29, 1.82) is 0 Å². The van der Waals surface area contributed by atoms with E-state index in [1.807, 2.05) is 6.08 Å². The number of hydrogen-bond acceptors (Lipinski definition) is 7. The van der Waals surface area contributed by atoms with Gasteiger partial charge in [0.2, 0.25) is 0 Å². The van der Waals surface area contributed by atoms with Gasteiger partial charge in [-0.05, 0) is 31.4 Å². The maximum Gasteiger partial charge on any atom is 0.338 e. The predicted octanol–water partition coefficient (Wildman–Crippen LogP) is 4.99. The van der Waals surface area contributed by atoms with Crippen molar-refractivity contribution in [3.8, 4) is 0 Å². The molecule has 0 aromatic heterocycles. The lowest BCUT2D eigenvalue weighted by Crippen LogP contribution is -2.16. The molecule has 0 bridgehead atoms. The van der Waals surface area contributed by atoms with E-state index in [0.717, 1.165) is 25.7 Å². The summed E-state index contributed by atoms with van der Waals surface area (Å²) in [6, 6.07) is 0. The summed E-state index contributed by atoms with van der Waals surface area (Å²) in [7, 11) is 0. The zero-order chi connectivity index (χ0) is 23.4. The van der Waals surface area contributed by atoms with Gasteiger partial charge >= 0.3 is 5.97 Å². The molecule has 0 N–H and O–H groups in total. The van der Waals surface area contributed by atoms with Crippen LogP contribution in [0.3, 0.4) is 0 Å². The van der Waals surface area contributed by atoms with Crippen molar-refractivity contribution in [3.63, 3.8) is 0 Å². The minimum absolute atomic E-state index is 0.354. The highest BCUT2D eigenvalue weighted by Crippen LogP contribution is 2.21. The summed E-state index contributed by atoms with van der Waals surface area (Å²) < 4.78 is 33.5. The molecule has 0 amide bonds. The third kappa shape index (κ3) is 12.5. The highest BCUT2D eigenvalue weighted by molar-refractivity contribution is 5.92. The summed E-state index contributed by atoms with van der Waals surface area (Å²) in [5.74, 6) is 0.797. The van der Waals surface area contributed by atoms with Gasteiger partial charge in [0.25, 0.3) is 0 Å². The lowest BCUT2D eigenvalue weighted by atomic mass is 10.1. The summed E-state index contributed by atoms with van der Waals surface area (Å²) in [5.41, 5.74) is 0.354. The quantitative estimate of drug-likeness (QED) is 0.242.